The molecule has 1 aliphatic rings. The van der Waals surface area contributed by atoms with E-state index in [1.807, 2.05) is 24.4 Å². The number of halogens is 2. The van der Waals surface area contributed by atoms with Crippen molar-refractivity contribution in [3.05, 3.63) is 42.1 Å². The van der Waals surface area contributed by atoms with Crippen LogP contribution in [0.4, 0.5) is 0 Å². The maximum atomic E-state index is 9.84. The van der Waals surface area contributed by atoms with Crippen LogP contribution >= 0.6 is 24.8 Å². The number of benzene rings is 1. The lowest BCUT2D eigenvalue weighted by atomic mass is 9.94. The van der Waals surface area contributed by atoms with Crippen molar-refractivity contribution in [3.63, 3.8) is 0 Å². The van der Waals surface area contributed by atoms with E-state index in [1.54, 1.807) is 0 Å². The molecule has 2 aromatic rings. The van der Waals surface area contributed by atoms with Crippen molar-refractivity contribution in [2.45, 2.75) is 12.5 Å². The van der Waals surface area contributed by atoms with Crippen LogP contribution in [0, 0.1) is 5.92 Å². The minimum atomic E-state index is -0.220. The number of aliphatic hydroxyl groups excluding tert-OH is 1. The third-order valence-electron chi connectivity index (χ3n) is 3.53. The molecule has 0 saturated carbocycles. The molecular weight excluding hydrogens is 283 g/mol. The fraction of sp³-hybridized carbons (Fsp3) is 0.357. The smallest absolute Gasteiger partial charge is 0.0708 e. The first kappa shape index (κ1) is 16.2. The third kappa shape index (κ3) is 3.37. The highest BCUT2D eigenvalue weighted by molar-refractivity contribution is 5.85. The summed E-state index contributed by atoms with van der Waals surface area (Å²) >= 11 is 0. The SMILES string of the molecule is Cl.Cl.O[C@H]1CNC[C@H]1Cc1ccnc2ccccc12. The van der Waals surface area contributed by atoms with Gasteiger partial charge in [0.25, 0.3) is 0 Å². The van der Waals surface area contributed by atoms with Gasteiger partial charge in [-0.15, -0.1) is 24.8 Å². The van der Waals surface area contributed by atoms with Crippen LogP contribution in [0.2, 0.25) is 0 Å². The number of nitrogens with zero attached hydrogens (tertiary/aromatic N) is 1. The first-order valence-electron chi connectivity index (χ1n) is 6.06. The van der Waals surface area contributed by atoms with E-state index in [4.69, 9.17) is 0 Å². The summed E-state index contributed by atoms with van der Waals surface area (Å²) in [4.78, 5) is 4.36. The van der Waals surface area contributed by atoms with Gasteiger partial charge in [0.05, 0.1) is 11.6 Å². The van der Waals surface area contributed by atoms with Crippen molar-refractivity contribution in [2.75, 3.05) is 13.1 Å². The van der Waals surface area contributed by atoms with Gasteiger partial charge in [0.1, 0.15) is 0 Å². The minimum absolute atomic E-state index is 0. The molecule has 0 unspecified atom stereocenters. The number of pyridine rings is 1. The van der Waals surface area contributed by atoms with Crippen LogP contribution in [-0.4, -0.2) is 29.3 Å². The standard InChI is InChI=1S/C14H16N2O.2ClH/c17-14-9-15-8-11(14)7-10-5-6-16-13-4-2-1-3-12(10)13;;/h1-6,11,14-15,17H,7-9H2;2*1H/t11-,14+;;/m1../s1. The summed E-state index contributed by atoms with van der Waals surface area (Å²) in [6.07, 6.45) is 2.55. The van der Waals surface area contributed by atoms with Crippen LogP contribution < -0.4 is 5.32 Å². The van der Waals surface area contributed by atoms with Crippen molar-refractivity contribution in [3.8, 4) is 0 Å². The zero-order valence-corrected chi connectivity index (χ0v) is 12.1. The van der Waals surface area contributed by atoms with Gasteiger partial charge in [-0.05, 0) is 24.1 Å². The summed E-state index contributed by atoms with van der Waals surface area (Å²) in [5, 5.41) is 14.3. The quantitative estimate of drug-likeness (QED) is 0.894. The van der Waals surface area contributed by atoms with Gasteiger partial charge < -0.3 is 10.4 Å². The van der Waals surface area contributed by atoms with Gasteiger partial charge in [0.15, 0.2) is 0 Å². The molecule has 1 fully saturated rings. The normalized spacial score (nSPS) is 21.7. The van der Waals surface area contributed by atoms with Gasteiger partial charge >= 0.3 is 0 Å². The Balaban J connectivity index is 0.000000902. The Hall–Kier alpha value is -0.870. The van der Waals surface area contributed by atoms with E-state index >= 15 is 0 Å². The number of hydrogen-bond acceptors (Lipinski definition) is 3. The Labute approximate surface area is 125 Å². The average molecular weight is 301 g/mol. The molecule has 5 heteroatoms. The molecule has 2 N–H and O–H groups in total. The van der Waals surface area contributed by atoms with Crippen LogP contribution in [0.25, 0.3) is 10.9 Å². The first-order valence-corrected chi connectivity index (χ1v) is 6.06. The molecule has 0 amide bonds. The molecule has 104 valence electrons. The molecule has 0 radical (unpaired) electrons. The maximum absolute atomic E-state index is 9.84. The Kier molecular flexibility index (Phi) is 6.01. The summed E-state index contributed by atoms with van der Waals surface area (Å²) in [6, 6.07) is 10.2. The van der Waals surface area contributed by atoms with Gasteiger partial charge in [0.2, 0.25) is 0 Å². The summed E-state index contributed by atoms with van der Waals surface area (Å²) in [6.45, 7) is 1.62. The van der Waals surface area contributed by atoms with E-state index in [-0.39, 0.29) is 30.9 Å². The van der Waals surface area contributed by atoms with E-state index in [9.17, 15) is 5.11 Å². The van der Waals surface area contributed by atoms with Crippen LogP contribution in [0.3, 0.4) is 0 Å². The van der Waals surface area contributed by atoms with Gasteiger partial charge in [-0.2, -0.15) is 0 Å². The minimum Gasteiger partial charge on any atom is -0.391 e. The molecule has 2 atom stereocenters. The Morgan fingerprint density at radius 2 is 1.95 bits per heavy atom. The highest BCUT2D eigenvalue weighted by Crippen LogP contribution is 2.22. The predicted octanol–water partition coefficient (Wildman–Crippen LogP) is 2.20. The number of rotatable bonds is 2. The van der Waals surface area contributed by atoms with Gasteiger partial charge in [-0.25, -0.2) is 0 Å². The van der Waals surface area contributed by atoms with Crippen molar-refractivity contribution in [1.29, 1.82) is 0 Å². The molecule has 3 rings (SSSR count). The summed E-state index contributed by atoms with van der Waals surface area (Å²) in [5.41, 5.74) is 2.31. The molecule has 3 nitrogen and oxygen atoms in total. The van der Waals surface area contributed by atoms with E-state index < -0.39 is 0 Å². The first-order chi connectivity index (χ1) is 8.34. The highest BCUT2D eigenvalue weighted by Gasteiger charge is 2.25. The zero-order valence-electron chi connectivity index (χ0n) is 10.5. The van der Waals surface area contributed by atoms with Crippen molar-refractivity contribution < 1.29 is 5.11 Å². The number of para-hydroxylation sites is 1. The molecular formula is C14H18Cl2N2O. The number of aromatic nitrogens is 1. The van der Waals surface area contributed by atoms with Gasteiger partial charge in [-0.3, -0.25) is 4.98 Å². The molecule has 1 aliphatic heterocycles. The molecule has 0 spiro atoms. The number of fused-ring (bicyclic) bond motifs is 1. The Morgan fingerprint density at radius 3 is 2.68 bits per heavy atom. The van der Waals surface area contributed by atoms with Crippen LogP contribution in [0.1, 0.15) is 5.56 Å². The highest BCUT2D eigenvalue weighted by atomic mass is 35.5. The lowest BCUT2D eigenvalue weighted by molar-refractivity contribution is 0.148. The number of nitrogens with one attached hydrogen (secondary N) is 1. The second kappa shape index (κ2) is 7.06. The zero-order chi connectivity index (χ0) is 11.7. The van der Waals surface area contributed by atoms with E-state index in [1.165, 1.54) is 10.9 Å². The second-order valence-electron chi connectivity index (χ2n) is 4.68. The lowest BCUT2D eigenvalue weighted by Crippen LogP contribution is -2.20. The fourth-order valence-electron chi connectivity index (χ4n) is 2.54. The van der Waals surface area contributed by atoms with Crippen LogP contribution in [-0.2, 0) is 6.42 Å². The number of hydrogen-bond donors (Lipinski definition) is 2. The second-order valence-corrected chi connectivity index (χ2v) is 4.68. The third-order valence-corrected chi connectivity index (χ3v) is 3.53. The van der Waals surface area contributed by atoms with Crippen molar-refractivity contribution >= 4 is 35.7 Å². The Morgan fingerprint density at radius 1 is 1.16 bits per heavy atom. The maximum Gasteiger partial charge on any atom is 0.0708 e. The topological polar surface area (TPSA) is 45.1 Å². The molecule has 1 saturated heterocycles. The number of aliphatic hydroxyl groups is 1. The van der Waals surface area contributed by atoms with Crippen LogP contribution in [0.5, 0.6) is 0 Å². The Bertz CT molecular complexity index is 530. The summed E-state index contributed by atoms with van der Waals surface area (Å²) in [5.74, 6) is 0.320. The molecule has 1 aromatic carbocycles. The fourth-order valence-corrected chi connectivity index (χ4v) is 2.54. The molecule has 2 heterocycles. The van der Waals surface area contributed by atoms with Gasteiger partial charge in [-0.1, -0.05) is 18.2 Å². The van der Waals surface area contributed by atoms with Crippen molar-refractivity contribution in [1.82, 2.24) is 10.3 Å². The summed E-state index contributed by atoms with van der Waals surface area (Å²) in [7, 11) is 0. The molecule has 19 heavy (non-hydrogen) atoms. The van der Waals surface area contributed by atoms with E-state index in [2.05, 4.69) is 22.4 Å². The predicted molar refractivity (Wildman–Crippen MR) is 82.3 cm³/mol. The van der Waals surface area contributed by atoms with E-state index in [0.29, 0.717) is 12.5 Å². The van der Waals surface area contributed by atoms with E-state index in [0.717, 1.165) is 18.5 Å². The molecule has 0 bridgehead atoms. The van der Waals surface area contributed by atoms with Gasteiger partial charge in [0, 0.05) is 30.6 Å². The molecule has 1 aromatic heterocycles. The largest absolute Gasteiger partial charge is 0.391 e. The molecule has 0 aliphatic carbocycles. The average Bonchev–Trinajstić information content (AvgIpc) is 2.76. The summed E-state index contributed by atoms with van der Waals surface area (Å²) < 4.78 is 0. The van der Waals surface area contributed by atoms with Crippen LogP contribution in [0.15, 0.2) is 36.5 Å². The number of β-amino-alcohol motifs (C(OH)–C–C–N with tert-alkyl or cyclic N) is 1. The monoisotopic (exact) mass is 300 g/mol. The lowest BCUT2D eigenvalue weighted by Gasteiger charge is -2.14. The van der Waals surface area contributed by atoms with Crippen molar-refractivity contribution in [2.24, 2.45) is 5.92 Å².